The monoisotopic (exact) mass is 527 g/mol. The topological polar surface area (TPSA) is 108 Å². The van der Waals surface area contributed by atoms with Crippen molar-refractivity contribution in [3.05, 3.63) is 0 Å². The van der Waals surface area contributed by atoms with Gasteiger partial charge in [0.05, 0.1) is 20.0 Å². The number of carbonyl (C=O) groups is 1. The summed E-state index contributed by atoms with van der Waals surface area (Å²) in [4.78, 5) is 11.8. The molecule has 3 aliphatic carbocycles. The van der Waals surface area contributed by atoms with Crippen molar-refractivity contribution in [2.24, 2.45) is 46.3 Å². The second kappa shape index (κ2) is 10.8. The molecule has 0 bridgehead atoms. The molecule has 4 aliphatic rings. The van der Waals surface area contributed by atoms with Crippen molar-refractivity contribution < 1.29 is 23.1 Å². The van der Waals surface area contributed by atoms with E-state index in [-0.39, 0.29) is 29.4 Å². The number of aliphatic hydroxyl groups is 1. The zero-order valence-corrected chi connectivity index (χ0v) is 23.8. The van der Waals surface area contributed by atoms with Crippen LogP contribution in [0.5, 0.6) is 0 Å². The fraction of sp³-hybridized carbons (Fsp3) is 0.963. The van der Waals surface area contributed by atoms with Gasteiger partial charge in [-0.15, -0.1) is 0 Å². The number of sulfonamides is 1. The molecule has 3 saturated carbocycles. The average molecular weight is 528 g/mol. The maximum Gasteiger partial charge on any atom is 0.305 e. The smallest absolute Gasteiger partial charge is 0.305 e. The molecule has 1 saturated heterocycles. The number of nitrogens with zero attached hydrogens (tertiary/aromatic N) is 1. The van der Waals surface area contributed by atoms with Crippen LogP contribution in [0.2, 0.25) is 0 Å². The number of piperidine rings is 1. The number of methoxy groups -OCH3 is 1. The molecule has 1 aliphatic heterocycles. The summed E-state index contributed by atoms with van der Waals surface area (Å²) in [6, 6.07) is -0.0328. The van der Waals surface area contributed by atoms with Gasteiger partial charge >= 0.3 is 5.97 Å². The number of hydrogen-bond acceptors (Lipinski definition) is 7. The summed E-state index contributed by atoms with van der Waals surface area (Å²) in [5.74, 6) is 2.66. The number of carbonyl (C=O) groups excluding carboxylic acids is 1. The van der Waals surface area contributed by atoms with Crippen LogP contribution >= 0.6 is 0 Å². The molecule has 1 heterocycles. The van der Waals surface area contributed by atoms with Crippen LogP contribution in [0.1, 0.15) is 72.1 Å². The number of hydrogen-bond donors (Lipinski definition) is 3. The van der Waals surface area contributed by atoms with Crippen molar-refractivity contribution in [2.75, 3.05) is 39.6 Å². The molecule has 0 aromatic carbocycles. The predicted octanol–water partition coefficient (Wildman–Crippen LogP) is 2.78. The summed E-state index contributed by atoms with van der Waals surface area (Å²) in [5, 5.41) is 11.5. The van der Waals surface area contributed by atoms with Crippen molar-refractivity contribution in [1.29, 1.82) is 0 Å². The van der Waals surface area contributed by atoms with Gasteiger partial charge in [0.15, 0.2) is 0 Å². The Hall–Kier alpha value is -0.740. The van der Waals surface area contributed by atoms with E-state index < -0.39 is 10.0 Å². The Kier molecular flexibility index (Phi) is 8.48. The van der Waals surface area contributed by atoms with Crippen molar-refractivity contribution in [2.45, 2.75) is 78.2 Å². The lowest BCUT2D eigenvalue weighted by Crippen LogP contribution is -2.65. The molecule has 9 heteroatoms. The lowest BCUT2D eigenvalue weighted by molar-refractivity contribution is -0.143. The minimum Gasteiger partial charge on any atom is -0.469 e. The fourth-order valence-electron chi connectivity index (χ4n) is 9.34. The normalized spacial score (nSPS) is 41.7. The van der Waals surface area contributed by atoms with Crippen LogP contribution in [0.4, 0.5) is 0 Å². The van der Waals surface area contributed by atoms with E-state index in [0.29, 0.717) is 48.5 Å². The molecule has 3 N–H and O–H groups in total. The third kappa shape index (κ3) is 5.37. The van der Waals surface area contributed by atoms with E-state index in [9.17, 15) is 18.3 Å². The molecule has 0 amide bonds. The van der Waals surface area contributed by atoms with E-state index in [4.69, 9.17) is 4.74 Å². The summed E-state index contributed by atoms with van der Waals surface area (Å²) in [6.45, 7) is 9.77. The van der Waals surface area contributed by atoms with Crippen molar-refractivity contribution in [1.82, 2.24) is 15.2 Å². The summed E-state index contributed by atoms with van der Waals surface area (Å²) in [6.07, 6.45) is 9.26. The molecule has 36 heavy (non-hydrogen) atoms. The minimum atomic E-state index is -3.32. The zero-order valence-electron chi connectivity index (χ0n) is 23.0. The maximum absolute atomic E-state index is 12.5. The highest BCUT2D eigenvalue weighted by atomic mass is 32.2. The van der Waals surface area contributed by atoms with Crippen LogP contribution in [0.25, 0.3) is 0 Å². The standard InChI is InChI=1S/C27H49N3O5S/c1-18(6-9-24(32)35-4)20-7-8-21-25-22(10-11-27(20,21)3)26(2)12-14-30(28-13-15-31)17-19(26)16-23(25)29-36(5,33)34/h18-23,25,28-29,31H,6-17H2,1-5H3/t18-,19-,20-,21?,22?,23-,25?,26+,27-/m1/s1. The first-order chi connectivity index (χ1) is 16.9. The lowest BCUT2D eigenvalue weighted by atomic mass is 9.44. The summed E-state index contributed by atoms with van der Waals surface area (Å²) < 4.78 is 33.1. The maximum atomic E-state index is 12.5. The van der Waals surface area contributed by atoms with Crippen LogP contribution in [-0.2, 0) is 19.6 Å². The first-order valence-electron chi connectivity index (χ1n) is 14.1. The van der Waals surface area contributed by atoms with Gasteiger partial charge in [0.25, 0.3) is 0 Å². The van der Waals surface area contributed by atoms with Gasteiger partial charge in [-0.3, -0.25) is 10.2 Å². The van der Waals surface area contributed by atoms with Gasteiger partial charge in [-0.05, 0) is 91.3 Å². The Bertz CT molecular complexity index is 900. The van der Waals surface area contributed by atoms with Crippen LogP contribution in [0.15, 0.2) is 0 Å². The van der Waals surface area contributed by atoms with Crippen LogP contribution < -0.4 is 10.1 Å². The molecule has 0 aromatic heterocycles. The highest BCUT2D eigenvalue weighted by Gasteiger charge is 2.63. The molecule has 4 rings (SSSR count). The van der Waals surface area contributed by atoms with E-state index in [2.05, 4.69) is 35.9 Å². The van der Waals surface area contributed by atoms with Crippen molar-refractivity contribution in [3.8, 4) is 0 Å². The second-order valence-electron chi connectivity index (χ2n) is 12.9. The molecule has 0 aromatic rings. The lowest BCUT2D eigenvalue weighted by Gasteiger charge is -2.63. The second-order valence-corrected chi connectivity index (χ2v) is 14.7. The number of rotatable bonds is 9. The van der Waals surface area contributed by atoms with Crippen LogP contribution in [0.3, 0.4) is 0 Å². The fourth-order valence-corrected chi connectivity index (χ4v) is 10.1. The largest absolute Gasteiger partial charge is 0.469 e. The molecule has 8 nitrogen and oxygen atoms in total. The minimum absolute atomic E-state index is 0.0328. The van der Waals surface area contributed by atoms with Gasteiger partial charge in [0, 0.05) is 32.1 Å². The molecule has 9 atom stereocenters. The Balaban J connectivity index is 1.59. The summed E-state index contributed by atoms with van der Waals surface area (Å²) in [7, 11) is -1.86. The SMILES string of the molecule is COC(=O)CC[C@@H](C)[C@H]1CCC2C3C(CC[C@@]21C)[C@@]1(C)CCN(NCCO)C[C@H]1C[C@H]3NS(C)(=O)=O. The van der Waals surface area contributed by atoms with E-state index in [1.165, 1.54) is 19.8 Å². The summed E-state index contributed by atoms with van der Waals surface area (Å²) in [5.41, 5.74) is 3.74. The van der Waals surface area contributed by atoms with Gasteiger partial charge in [-0.2, -0.15) is 0 Å². The van der Waals surface area contributed by atoms with Crippen LogP contribution in [-0.4, -0.2) is 70.2 Å². The van der Waals surface area contributed by atoms with E-state index >= 15 is 0 Å². The molecule has 0 spiro atoms. The van der Waals surface area contributed by atoms with Gasteiger partial charge in [0.2, 0.25) is 10.0 Å². The van der Waals surface area contributed by atoms with Crippen molar-refractivity contribution >= 4 is 16.0 Å². The molecule has 0 radical (unpaired) electrons. The van der Waals surface area contributed by atoms with Gasteiger partial charge in [-0.25, -0.2) is 18.1 Å². The van der Waals surface area contributed by atoms with Crippen LogP contribution in [0, 0.1) is 46.3 Å². The zero-order chi connectivity index (χ0) is 26.3. The first-order valence-corrected chi connectivity index (χ1v) is 16.0. The highest BCUT2D eigenvalue weighted by molar-refractivity contribution is 7.88. The molecule has 3 unspecified atom stereocenters. The number of aliphatic hydroxyl groups excluding tert-OH is 1. The molecule has 4 fully saturated rings. The molecule has 208 valence electrons. The van der Waals surface area contributed by atoms with E-state index in [1.807, 2.05) is 0 Å². The van der Waals surface area contributed by atoms with E-state index in [0.717, 1.165) is 51.6 Å². The number of fused-ring (bicyclic) bond motifs is 5. The number of esters is 1. The van der Waals surface area contributed by atoms with Gasteiger partial charge in [0.1, 0.15) is 0 Å². The predicted molar refractivity (Wildman–Crippen MR) is 140 cm³/mol. The van der Waals surface area contributed by atoms with Gasteiger partial charge < -0.3 is 9.84 Å². The van der Waals surface area contributed by atoms with Gasteiger partial charge in [-0.1, -0.05) is 20.8 Å². The Morgan fingerprint density at radius 1 is 1.17 bits per heavy atom. The van der Waals surface area contributed by atoms with E-state index in [1.54, 1.807) is 0 Å². The Morgan fingerprint density at radius 3 is 2.56 bits per heavy atom. The Labute approximate surface area is 218 Å². The Morgan fingerprint density at radius 2 is 1.89 bits per heavy atom. The molecular weight excluding hydrogens is 478 g/mol. The van der Waals surface area contributed by atoms with Crippen molar-refractivity contribution in [3.63, 3.8) is 0 Å². The molecular formula is C27H49N3O5S. The number of ether oxygens (including phenoxy) is 1. The average Bonchev–Trinajstić information content (AvgIpc) is 3.17. The highest BCUT2D eigenvalue weighted by Crippen LogP contribution is 2.67. The third-order valence-electron chi connectivity index (χ3n) is 11.1. The quantitative estimate of drug-likeness (QED) is 0.396. The third-order valence-corrected chi connectivity index (χ3v) is 11.8. The summed E-state index contributed by atoms with van der Waals surface area (Å²) >= 11 is 0. The number of nitrogens with one attached hydrogen (secondary N) is 2. The number of hydrazine groups is 1. The first kappa shape index (κ1) is 28.3.